The topological polar surface area (TPSA) is 0 Å². The molecular weight excluding hydrogens is 156 g/mol. The van der Waals surface area contributed by atoms with Crippen LogP contribution in [0.15, 0.2) is 0 Å². The molecule has 0 nitrogen and oxygen atoms in total. The van der Waals surface area contributed by atoms with Gasteiger partial charge in [-0.1, -0.05) is 46.0 Å². The summed E-state index contributed by atoms with van der Waals surface area (Å²) in [5.74, 6) is 0. The van der Waals surface area contributed by atoms with Crippen molar-refractivity contribution in [2.75, 3.05) is 0 Å². The molecule has 1 aliphatic carbocycles. The Kier molecular flexibility index (Phi) is 4.83. The molecular formula is C13H24. The highest BCUT2D eigenvalue weighted by Crippen LogP contribution is 2.45. The molecule has 0 aromatic heterocycles. The summed E-state index contributed by atoms with van der Waals surface area (Å²) in [5.41, 5.74) is 0.548. The Morgan fingerprint density at radius 3 is 2.08 bits per heavy atom. The van der Waals surface area contributed by atoms with Crippen molar-refractivity contribution in [3.05, 3.63) is 6.42 Å². The predicted octanol–water partition coefficient (Wildman–Crippen LogP) is 4.62. The highest BCUT2D eigenvalue weighted by Gasteiger charge is 2.32. The third-order valence-electron chi connectivity index (χ3n) is 3.35. The maximum Gasteiger partial charge on any atom is -0.0106 e. The molecule has 0 spiro atoms. The molecule has 0 unspecified atom stereocenters. The Bertz CT molecular complexity index is 110. The maximum atomic E-state index is 3.74. The normalized spacial score (nSPS) is 20.8. The van der Waals surface area contributed by atoms with Crippen molar-refractivity contribution in [2.45, 2.75) is 71.6 Å². The van der Waals surface area contributed by atoms with Gasteiger partial charge in [-0.25, -0.2) is 0 Å². The second kappa shape index (κ2) is 5.67. The number of rotatable bonds is 6. The lowest BCUT2D eigenvalue weighted by atomic mass is 9.77. The average molecular weight is 180 g/mol. The van der Waals surface area contributed by atoms with E-state index < -0.39 is 0 Å². The van der Waals surface area contributed by atoms with Gasteiger partial charge in [0.05, 0.1) is 0 Å². The highest BCUT2D eigenvalue weighted by molar-refractivity contribution is 4.97. The van der Waals surface area contributed by atoms with Gasteiger partial charge in [-0.05, 0) is 37.5 Å². The Balaban J connectivity index is 2.33. The van der Waals surface area contributed by atoms with Gasteiger partial charge in [0.25, 0.3) is 0 Å². The fourth-order valence-corrected chi connectivity index (χ4v) is 2.45. The van der Waals surface area contributed by atoms with Crippen LogP contribution in [0.2, 0.25) is 0 Å². The Labute approximate surface area is 84.1 Å². The molecule has 1 fully saturated rings. The van der Waals surface area contributed by atoms with Crippen LogP contribution in [-0.4, -0.2) is 0 Å². The molecule has 0 heteroatoms. The van der Waals surface area contributed by atoms with E-state index in [4.69, 9.17) is 0 Å². The fourth-order valence-electron chi connectivity index (χ4n) is 2.45. The molecule has 0 amide bonds. The zero-order valence-electron chi connectivity index (χ0n) is 9.36. The van der Waals surface area contributed by atoms with Gasteiger partial charge in [0.15, 0.2) is 0 Å². The quantitative estimate of drug-likeness (QED) is 0.559. The SMILES string of the molecule is CCCCC1(CCCC)[C]CCC1. The van der Waals surface area contributed by atoms with Gasteiger partial charge in [-0.3, -0.25) is 0 Å². The van der Waals surface area contributed by atoms with Crippen molar-refractivity contribution >= 4 is 0 Å². The monoisotopic (exact) mass is 180 g/mol. The van der Waals surface area contributed by atoms with Gasteiger partial charge in [-0.15, -0.1) is 0 Å². The van der Waals surface area contributed by atoms with E-state index in [1.54, 1.807) is 0 Å². The van der Waals surface area contributed by atoms with Crippen molar-refractivity contribution in [1.29, 1.82) is 0 Å². The van der Waals surface area contributed by atoms with E-state index in [1.807, 2.05) is 0 Å². The highest BCUT2D eigenvalue weighted by atomic mass is 14.4. The minimum Gasteiger partial charge on any atom is -0.0654 e. The molecule has 13 heavy (non-hydrogen) atoms. The molecule has 1 saturated carbocycles. The minimum absolute atomic E-state index is 0.548. The Hall–Kier alpha value is 0. The smallest absolute Gasteiger partial charge is 0.0106 e. The van der Waals surface area contributed by atoms with Crippen LogP contribution in [0.4, 0.5) is 0 Å². The first-order valence-corrected chi connectivity index (χ1v) is 6.08. The summed E-state index contributed by atoms with van der Waals surface area (Å²) in [6, 6.07) is 0. The van der Waals surface area contributed by atoms with Crippen LogP contribution in [0, 0.1) is 11.8 Å². The Morgan fingerprint density at radius 2 is 1.69 bits per heavy atom. The molecule has 2 radical (unpaired) electrons. The van der Waals surface area contributed by atoms with E-state index in [0.29, 0.717) is 5.41 Å². The van der Waals surface area contributed by atoms with E-state index in [1.165, 1.54) is 57.8 Å². The van der Waals surface area contributed by atoms with E-state index in [9.17, 15) is 0 Å². The van der Waals surface area contributed by atoms with Crippen LogP contribution < -0.4 is 0 Å². The van der Waals surface area contributed by atoms with Crippen LogP contribution in [0.1, 0.15) is 71.6 Å². The number of unbranched alkanes of at least 4 members (excludes halogenated alkanes) is 2. The molecule has 0 bridgehead atoms. The van der Waals surface area contributed by atoms with Crippen LogP contribution in [0.25, 0.3) is 0 Å². The molecule has 0 atom stereocenters. The van der Waals surface area contributed by atoms with Gasteiger partial charge in [0.2, 0.25) is 0 Å². The minimum atomic E-state index is 0.548. The van der Waals surface area contributed by atoms with Gasteiger partial charge >= 0.3 is 0 Å². The van der Waals surface area contributed by atoms with Gasteiger partial charge in [-0.2, -0.15) is 0 Å². The van der Waals surface area contributed by atoms with Crippen LogP contribution >= 0.6 is 0 Å². The molecule has 0 aliphatic heterocycles. The zero-order valence-corrected chi connectivity index (χ0v) is 9.36. The van der Waals surface area contributed by atoms with Crippen molar-refractivity contribution in [2.24, 2.45) is 5.41 Å². The largest absolute Gasteiger partial charge is 0.0654 e. The number of hydrogen-bond donors (Lipinski definition) is 0. The first-order chi connectivity index (χ1) is 6.33. The van der Waals surface area contributed by atoms with Crippen molar-refractivity contribution in [1.82, 2.24) is 0 Å². The molecule has 0 aromatic carbocycles. The van der Waals surface area contributed by atoms with Crippen LogP contribution in [0.5, 0.6) is 0 Å². The summed E-state index contributed by atoms with van der Waals surface area (Å²) in [5, 5.41) is 0. The summed E-state index contributed by atoms with van der Waals surface area (Å²) in [7, 11) is 0. The van der Waals surface area contributed by atoms with E-state index in [2.05, 4.69) is 20.3 Å². The number of hydrogen-bond acceptors (Lipinski definition) is 0. The maximum absolute atomic E-state index is 3.74. The molecule has 76 valence electrons. The third kappa shape index (κ3) is 3.32. The summed E-state index contributed by atoms with van der Waals surface area (Å²) >= 11 is 0. The van der Waals surface area contributed by atoms with E-state index in [0.717, 1.165) is 0 Å². The second-order valence-electron chi connectivity index (χ2n) is 4.52. The second-order valence-corrected chi connectivity index (χ2v) is 4.52. The van der Waals surface area contributed by atoms with Gasteiger partial charge in [0.1, 0.15) is 0 Å². The molecule has 0 heterocycles. The first kappa shape index (κ1) is 11.1. The lowest BCUT2D eigenvalue weighted by molar-refractivity contribution is 0.286. The Morgan fingerprint density at radius 1 is 1.08 bits per heavy atom. The van der Waals surface area contributed by atoms with Crippen molar-refractivity contribution in [3.8, 4) is 0 Å². The fraction of sp³-hybridized carbons (Fsp3) is 0.923. The van der Waals surface area contributed by atoms with E-state index in [-0.39, 0.29) is 0 Å². The summed E-state index contributed by atoms with van der Waals surface area (Å²) < 4.78 is 0. The molecule has 1 rings (SSSR count). The third-order valence-corrected chi connectivity index (χ3v) is 3.35. The zero-order chi connectivity index (χ0) is 9.57. The van der Waals surface area contributed by atoms with Gasteiger partial charge < -0.3 is 0 Å². The predicted molar refractivity (Wildman–Crippen MR) is 58.6 cm³/mol. The lowest BCUT2D eigenvalue weighted by Gasteiger charge is -2.28. The molecule has 0 saturated heterocycles. The summed E-state index contributed by atoms with van der Waals surface area (Å²) in [6.07, 6.45) is 16.1. The first-order valence-electron chi connectivity index (χ1n) is 6.08. The molecule has 0 aromatic rings. The lowest BCUT2D eigenvalue weighted by Crippen LogP contribution is -2.16. The molecule has 0 N–H and O–H groups in total. The van der Waals surface area contributed by atoms with Crippen LogP contribution in [0.3, 0.4) is 0 Å². The average Bonchev–Trinajstić information content (AvgIpc) is 2.61. The van der Waals surface area contributed by atoms with Crippen LogP contribution in [-0.2, 0) is 0 Å². The van der Waals surface area contributed by atoms with Crippen molar-refractivity contribution in [3.63, 3.8) is 0 Å². The standard InChI is InChI=1S/C13H24/c1-3-5-9-13(10-6-4-2)11-7-8-12-13/h3-11H2,1-2H3. The summed E-state index contributed by atoms with van der Waals surface area (Å²) in [4.78, 5) is 0. The molecule has 1 aliphatic rings. The summed E-state index contributed by atoms with van der Waals surface area (Å²) in [6.45, 7) is 4.59. The van der Waals surface area contributed by atoms with E-state index >= 15 is 0 Å². The van der Waals surface area contributed by atoms with Gasteiger partial charge in [0, 0.05) is 0 Å². The van der Waals surface area contributed by atoms with Crippen molar-refractivity contribution < 1.29 is 0 Å².